The van der Waals surface area contributed by atoms with E-state index in [0.717, 1.165) is 56.9 Å². The minimum Gasteiger partial charge on any atom is -0.492 e. The molecule has 1 aromatic rings. The van der Waals surface area contributed by atoms with Crippen molar-refractivity contribution in [3.63, 3.8) is 0 Å². The number of aromatic nitrogens is 1. The molecule has 1 aliphatic rings. The van der Waals surface area contributed by atoms with Gasteiger partial charge in [-0.25, -0.2) is 0 Å². The van der Waals surface area contributed by atoms with Crippen molar-refractivity contribution in [1.29, 1.82) is 0 Å². The van der Waals surface area contributed by atoms with Crippen molar-refractivity contribution in [3.8, 4) is 5.75 Å². The van der Waals surface area contributed by atoms with E-state index in [2.05, 4.69) is 11.9 Å². The maximum absolute atomic E-state index is 5.92. The maximum Gasteiger partial charge on any atom is 0.137 e. The smallest absolute Gasteiger partial charge is 0.137 e. The first-order valence-electron chi connectivity index (χ1n) is 7.19. The second-order valence-corrected chi connectivity index (χ2v) is 5.22. The van der Waals surface area contributed by atoms with Crippen LogP contribution in [0.3, 0.4) is 0 Å². The normalized spacial score (nSPS) is 18.2. The van der Waals surface area contributed by atoms with Crippen molar-refractivity contribution in [3.05, 3.63) is 24.0 Å². The average molecular weight is 264 g/mol. The third-order valence-electron chi connectivity index (χ3n) is 3.62. The summed E-state index contributed by atoms with van der Waals surface area (Å²) in [5.41, 5.74) is 6.95. The summed E-state index contributed by atoms with van der Waals surface area (Å²) < 4.78 is 11.1. The Morgan fingerprint density at radius 1 is 1.42 bits per heavy atom. The van der Waals surface area contributed by atoms with Crippen molar-refractivity contribution in [2.45, 2.75) is 38.6 Å². The second-order valence-electron chi connectivity index (χ2n) is 5.22. The highest BCUT2D eigenvalue weighted by molar-refractivity contribution is 5.20. The van der Waals surface area contributed by atoms with Crippen LogP contribution in [0.5, 0.6) is 5.75 Å². The minimum absolute atomic E-state index is 0.196. The third-order valence-corrected chi connectivity index (χ3v) is 3.62. The summed E-state index contributed by atoms with van der Waals surface area (Å²) in [6.07, 6.45) is 5.80. The molecule has 0 spiro atoms. The Labute approximate surface area is 115 Å². The predicted octanol–water partition coefficient (Wildman–Crippen LogP) is 2.17. The van der Waals surface area contributed by atoms with Gasteiger partial charge >= 0.3 is 0 Å². The Bertz CT molecular complexity index is 361. The van der Waals surface area contributed by atoms with E-state index in [0.29, 0.717) is 5.92 Å². The quantitative estimate of drug-likeness (QED) is 0.855. The molecular weight excluding hydrogens is 240 g/mol. The van der Waals surface area contributed by atoms with Crippen LogP contribution in [0.4, 0.5) is 0 Å². The molecule has 0 amide bonds. The summed E-state index contributed by atoms with van der Waals surface area (Å²) in [5.74, 6) is 1.46. The van der Waals surface area contributed by atoms with E-state index in [4.69, 9.17) is 15.2 Å². The van der Waals surface area contributed by atoms with Crippen molar-refractivity contribution in [2.75, 3.05) is 19.8 Å². The van der Waals surface area contributed by atoms with Gasteiger partial charge in [0.15, 0.2) is 0 Å². The molecule has 106 valence electrons. The van der Waals surface area contributed by atoms with E-state index >= 15 is 0 Å². The second kappa shape index (κ2) is 7.46. The molecule has 2 N–H and O–H groups in total. The number of ether oxygens (including phenoxy) is 2. The molecule has 1 atom stereocenters. The number of nitrogens with two attached hydrogens (primary N) is 1. The standard InChI is InChI=1S/C15H24N2O2/c1-2-13(16)9-14-3-4-15(10-17-14)19-11-12-5-7-18-8-6-12/h3-4,10,12-13H,2,5-9,11,16H2,1H3. The summed E-state index contributed by atoms with van der Waals surface area (Å²) in [5, 5.41) is 0. The van der Waals surface area contributed by atoms with Crippen LogP contribution >= 0.6 is 0 Å². The van der Waals surface area contributed by atoms with Gasteiger partial charge in [0.2, 0.25) is 0 Å². The number of nitrogens with zero attached hydrogens (tertiary/aromatic N) is 1. The van der Waals surface area contributed by atoms with Gasteiger partial charge in [-0.05, 0) is 37.3 Å². The number of hydrogen-bond acceptors (Lipinski definition) is 4. The van der Waals surface area contributed by atoms with Crippen molar-refractivity contribution < 1.29 is 9.47 Å². The van der Waals surface area contributed by atoms with E-state index in [1.165, 1.54) is 0 Å². The first-order valence-corrected chi connectivity index (χ1v) is 7.19. The average Bonchev–Trinajstić information content (AvgIpc) is 2.47. The molecule has 1 unspecified atom stereocenters. The Kier molecular flexibility index (Phi) is 5.61. The molecule has 1 fully saturated rings. The maximum atomic E-state index is 5.92. The van der Waals surface area contributed by atoms with Gasteiger partial charge < -0.3 is 15.2 Å². The lowest BCUT2D eigenvalue weighted by molar-refractivity contribution is 0.0497. The summed E-state index contributed by atoms with van der Waals surface area (Å²) in [6, 6.07) is 4.19. The highest BCUT2D eigenvalue weighted by atomic mass is 16.5. The zero-order chi connectivity index (χ0) is 13.5. The summed E-state index contributed by atoms with van der Waals surface area (Å²) in [4.78, 5) is 4.40. The van der Waals surface area contributed by atoms with Gasteiger partial charge in [0.1, 0.15) is 5.75 Å². The van der Waals surface area contributed by atoms with E-state index in [1.54, 1.807) is 6.20 Å². The molecule has 0 bridgehead atoms. The van der Waals surface area contributed by atoms with Gasteiger partial charge in [0, 0.05) is 31.4 Å². The number of hydrogen-bond donors (Lipinski definition) is 1. The summed E-state index contributed by atoms with van der Waals surface area (Å²) in [6.45, 7) is 4.58. The van der Waals surface area contributed by atoms with Crippen LogP contribution in [0.25, 0.3) is 0 Å². The fourth-order valence-corrected chi connectivity index (χ4v) is 2.16. The first-order chi connectivity index (χ1) is 9.28. The molecular formula is C15H24N2O2. The molecule has 0 saturated carbocycles. The molecule has 0 aromatic carbocycles. The minimum atomic E-state index is 0.196. The van der Waals surface area contributed by atoms with E-state index < -0.39 is 0 Å². The molecule has 2 rings (SSSR count). The molecule has 4 nitrogen and oxygen atoms in total. The molecule has 1 saturated heterocycles. The fourth-order valence-electron chi connectivity index (χ4n) is 2.16. The lowest BCUT2D eigenvalue weighted by Gasteiger charge is -2.22. The highest BCUT2D eigenvalue weighted by Gasteiger charge is 2.14. The Hall–Kier alpha value is -1.13. The zero-order valence-corrected chi connectivity index (χ0v) is 11.7. The van der Waals surface area contributed by atoms with Crippen molar-refractivity contribution in [2.24, 2.45) is 11.7 Å². The predicted molar refractivity (Wildman–Crippen MR) is 75.2 cm³/mol. The fraction of sp³-hybridized carbons (Fsp3) is 0.667. The lowest BCUT2D eigenvalue weighted by Crippen LogP contribution is -2.22. The van der Waals surface area contributed by atoms with E-state index in [-0.39, 0.29) is 6.04 Å². The number of rotatable bonds is 6. The van der Waals surface area contributed by atoms with Gasteiger partial charge in [0.25, 0.3) is 0 Å². The first kappa shape index (κ1) is 14.3. The SMILES string of the molecule is CCC(N)Cc1ccc(OCC2CCOCC2)cn1. The molecule has 4 heteroatoms. The molecule has 19 heavy (non-hydrogen) atoms. The van der Waals surface area contributed by atoms with Crippen LogP contribution in [-0.4, -0.2) is 30.8 Å². The Morgan fingerprint density at radius 3 is 2.84 bits per heavy atom. The molecule has 1 aliphatic heterocycles. The lowest BCUT2D eigenvalue weighted by atomic mass is 10.0. The molecule has 2 heterocycles. The topological polar surface area (TPSA) is 57.4 Å². The van der Waals surface area contributed by atoms with E-state index in [1.807, 2.05) is 12.1 Å². The van der Waals surface area contributed by atoms with Crippen molar-refractivity contribution >= 4 is 0 Å². The van der Waals surface area contributed by atoms with Gasteiger partial charge in [0.05, 0.1) is 12.8 Å². The Balaban J connectivity index is 1.77. The van der Waals surface area contributed by atoms with Gasteiger partial charge in [-0.15, -0.1) is 0 Å². The van der Waals surface area contributed by atoms with E-state index in [9.17, 15) is 0 Å². The van der Waals surface area contributed by atoms with Crippen LogP contribution < -0.4 is 10.5 Å². The van der Waals surface area contributed by atoms with Gasteiger partial charge in [-0.3, -0.25) is 4.98 Å². The van der Waals surface area contributed by atoms with Crippen LogP contribution in [-0.2, 0) is 11.2 Å². The van der Waals surface area contributed by atoms with Crippen LogP contribution in [0, 0.1) is 5.92 Å². The Morgan fingerprint density at radius 2 is 2.21 bits per heavy atom. The van der Waals surface area contributed by atoms with Crippen LogP contribution in [0.2, 0.25) is 0 Å². The van der Waals surface area contributed by atoms with Gasteiger partial charge in [-0.2, -0.15) is 0 Å². The molecule has 0 aliphatic carbocycles. The van der Waals surface area contributed by atoms with Crippen LogP contribution in [0.15, 0.2) is 18.3 Å². The van der Waals surface area contributed by atoms with Crippen LogP contribution in [0.1, 0.15) is 31.9 Å². The number of pyridine rings is 1. The zero-order valence-electron chi connectivity index (χ0n) is 11.7. The molecule has 1 aromatic heterocycles. The highest BCUT2D eigenvalue weighted by Crippen LogP contribution is 2.17. The third kappa shape index (κ3) is 4.80. The van der Waals surface area contributed by atoms with Crippen molar-refractivity contribution in [1.82, 2.24) is 4.98 Å². The molecule has 0 radical (unpaired) electrons. The summed E-state index contributed by atoms with van der Waals surface area (Å²) in [7, 11) is 0. The van der Waals surface area contributed by atoms with Gasteiger partial charge in [-0.1, -0.05) is 6.92 Å². The largest absolute Gasteiger partial charge is 0.492 e. The monoisotopic (exact) mass is 264 g/mol. The summed E-state index contributed by atoms with van der Waals surface area (Å²) >= 11 is 0.